The predicted octanol–water partition coefficient (Wildman–Crippen LogP) is 4.75. The Balaban J connectivity index is 0. The van der Waals surface area contributed by atoms with E-state index in [0.29, 0.717) is 0 Å². The SMILES string of the molecule is [Cl][Ge]([Cl])([Cl])[Cl].[Cl][Ge]([Cl])([Cl])[Cl]. The van der Waals surface area contributed by atoms with Crippen LogP contribution in [0.25, 0.3) is 0 Å². The molecule has 0 spiro atoms. The van der Waals surface area contributed by atoms with Crippen LogP contribution in [0.15, 0.2) is 0 Å². The Morgan fingerprint density at radius 1 is 0.400 bits per heavy atom. The number of halogens is 8. The minimum atomic E-state index is -3.11. The van der Waals surface area contributed by atoms with Crippen molar-refractivity contribution in [3.05, 3.63) is 0 Å². The van der Waals surface area contributed by atoms with E-state index in [2.05, 4.69) is 0 Å². The van der Waals surface area contributed by atoms with E-state index in [0.717, 1.165) is 0 Å². The van der Waals surface area contributed by atoms with Crippen LogP contribution in [0.1, 0.15) is 0 Å². The third kappa shape index (κ3) is 106. The molecule has 0 amide bonds. The number of hydrogen-bond acceptors (Lipinski definition) is 0. The maximum absolute atomic E-state index is 5.01. The van der Waals surface area contributed by atoms with Gasteiger partial charge in [-0.2, -0.15) is 0 Å². The molecule has 0 aliphatic carbocycles. The van der Waals surface area contributed by atoms with Crippen molar-refractivity contribution < 1.29 is 0 Å². The molecule has 10 heavy (non-hydrogen) atoms. The van der Waals surface area contributed by atoms with E-state index in [1.165, 1.54) is 0 Å². The van der Waals surface area contributed by atoms with Crippen molar-refractivity contribution in [1.82, 2.24) is 0 Å². The standard InChI is InChI=1S/2Cl4Ge/c2*1-5(2,3)4. The summed E-state index contributed by atoms with van der Waals surface area (Å²) in [5.74, 6) is 0. The van der Waals surface area contributed by atoms with Crippen LogP contribution in [0.2, 0.25) is 0 Å². The summed E-state index contributed by atoms with van der Waals surface area (Å²) in [6.07, 6.45) is 0. The van der Waals surface area contributed by atoms with E-state index in [1.807, 2.05) is 0 Å². The van der Waals surface area contributed by atoms with Crippen molar-refractivity contribution in [2.24, 2.45) is 0 Å². The van der Waals surface area contributed by atoms with Crippen LogP contribution in [-0.4, -0.2) is 19.1 Å². The van der Waals surface area contributed by atoms with Gasteiger partial charge in [0.15, 0.2) is 0 Å². The topological polar surface area (TPSA) is 0 Å². The van der Waals surface area contributed by atoms with Gasteiger partial charge in [0.2, 0.25) is 0 Å². The van der Waals surface area contributed by atoms with Crippen molar-refractivity contribution in [3.8, 4) is 0 Å². The Kier molecular flexibility index (Phi) is 10.8. The Morgan fingerprint density at radius 2 is 0.400 bits per heavy atom. The molecule has 0 atom stereocenters. The summed E-state index contributed by atoms with van der Waals surface area (Å²) in [4.78, 5) is 0. The first-order chi connectivity index (χ1) is 4.00. The Bertz CT molecular complexity index is 50.2. The second-order valence-electron chi connectivity index (χ2n) is 0.857. The van der Waals surface area contributed by atoms with Gasteiger partial charge in [0, 0.05) is 0 Å². The summed E-state index contributed by atoms with van der Waals surface area (Å²) in [7, 11) is 33.9. The zero-order chi connectivity index (χ0) is 9.00. The molecule has 0 aromatic rings. The van der Waals surface area contributed by atoms with Crippen molar-refractivity contribution in [2.45, 2.75) is 0 Å². The summed E-state index contributed by atoms with van der Waals surface area (Å²) in [5, 5.41) is 0. The molecule has 0 aromatic heterocycles. The maximum atomic E-state index is 5.01. The average molecular weight is 429 g/mol. The molecule has 0 nitrogen and oxygen atoms in total. The van der Waals surface area contributed by atoms with Gasteiger partial charge in [-0.05, 0) is 0 Å². The fraction of sp³-hybridized carbons (Fsp3) is 0. The molecule has 0 fully saturated rings. The fourth-order valence-corrected chi connectivity index (χ4v) is 0. The zero-order valence-corrected chi connectivity index (χ0v) is 14.3. The van der Waals surface area contributed by atoms with E-state index in [-0.39, 0.29) is 0 Å². The molecule has 10 heteroatoms. The average Bonchev–Trinajstić information content (AvgIpc) is 1.12. The quantitative estimate of drug-likeness (QED) is 0.488. The van der Waals surface area contributed by atoms with E-state index >= 15 is 0 Å². The van der Waals surface area contributed by atoms with Crippen LogP contribution in [0.5, 0.6) is 0 Å². The van der Waals surface area contributed by atoms with Crippen LogP contribution in [0.3, 0.4) is 0 Å². The first-order valence-electron chi connectivity index (χ1n) is 1.51. The van der Waals surface area contributed by atoms with Gasteiger partial charge in [-0.15, -0.1) is 0 Å². The van der Waals surface area contributed by atoms with Crippen LogP contribution in [0.4, 0.5) is 0 Å². The first kappa shape index (κ1) is 15.9. The summed E-state index contributed by atoms with van der Waals surface area (Å²) >= 11 is 0. The molecule has 0 bridgehead atoms. The Morgan fingerprint density at radius 3 is 0.400 bits per heavy atom. The molecule has 0 heterocycles. The summed E-state index contributed by atoms with van der Waals surface area (Å²) in [5.41, 5.74) is 0. The van der Waals surface area contributed by atoms with Crippen molar-refractivity contribution >= 4 is 99.2 Å². The van der Waals surface area contributed by atoms with Gasteiger partial charge in [0.25, 0.3) is 0 Å². The van der Waals surface area contributed by atoms with E-state index < -0.39 is 19.1 Å². The van der Waals surface area contributed by atoms with Crippen molar-refractivity contribution in [2.75, 3.05) is 0 Å². The van der Waals surface area contributed by atoms with Gasteiger partial charge in [-0.25, -0.2) is 0 Å². The monoisotopic (exact) mass is 428 g/mol. The molecule has 0 aromatic carbocycles. The molecular formula is Cl8Ge2. The molecule has 0 radical (unpaired) electrons. The van der Waals surface area contributed by atoms with Gasteiger partial charge in [-0.3, -0.25) is 0 Å². The molecule has 0 aliphatic heterocycles. The predicted molar refractivity (Wildman–Crippen MR) is 58.3 cm³/mol. The first-order valence-corrected chi connectivity index (χ1v) is 23.6. The summed E-state index contributed by atoms with van der Waals surface area (Å²) in [6, 6.07) is 0. The van der Waals surface area contributed by atoms with Crippen molar-refractivity contribution in [1.29, 1.82) is 0 Å². The minimum absolute atomic E-state index is 3.11. The summed E-state index contributed by atoms with van der Waals surface area (Å²) in [6.45, 7) is 0. The molecule has 0 N–H and O–H groups in total. The summed E-state index contributed by atoms with van der Waals surface area (Å²) < 4.78 is 0. The van der Waals surface area contributed by atoms with Crippen LogP contribution < -0.4 is 0 Å². The molecule has 0 saturated carbocycles. The van der Waals surface area contributed by atoms with Gasteiger partial charge in [-0.1, -0.05) is 0 Å². The molecule has 0 aliphatic rings. The van der Waals surface area contributed by atoms with E-state index in [4.69, 9.17) is 80.1 Å². The zero-order valence-electron chi connectivity index (χ0n) is 4.02. The van der Waals surface area contributed by atoms with Gasteiger partial charge < -0.3 is 0 Å². The van der Waals surface area contributed by atoms with Crippen LogP contribution in [0, 0.1) is 0 Å². The van der Waals surface area contributed by atoms with Crippen LogP contribution >= 0.6 is 80.1 Å². The Hall–Kier alpha value is 3.41. The van der Waals surface area contributed by atoms with Crippen molar-refractivity contribution in [3.63, 3.8) is 0 Å². The fourth-order valence-electron chi connectivity index (χ4n) is 0. The number of hydrogen-bond donors (Lipinski definition) is 0. The second kappa shape index (κ2) is 6.80. The van der Waals surface area contributed by atoms with Gasteiger partial charge in [0.1, 0.15) is 0 Å². The van der Waals surface area contributed by atoms with Crippen LogP contribution in [-0.2, 0) is 0 Å². The van der Waals surface area contributed by atoms with Gasteiger partial charge >= 0.3 is 99.2 Å². The molecular weight excluding hydrogens is 429 g/mol. The van der Waals surface area contributed by atoms with Gasteiger partial charge in [0.05, 0.1) is 0 Å². The Labute approximate surface area is 97.5 Å². The molecule has 64 valence electrons. The van der Waals surface area contributed by atoms with E-state index in [9.17, 15) is 0 Å². The third-order valence-electron chi connectivity index (χ3n) is 0. The molecule has 0 saturated heterocycles. The molecule has 0 unspecified atom stereocenters. The van der Waals surface area contributed by atoms with E-state index in [1.54, 1.807) is 0 Å². The normalized spacial score (nSPS) is 12.0. The molecule has 0 rings (SSSR count). The second-order valence-corrected chi connectivity index (χ2v) is 40.1. The number of rotatable bonds is 0. The third-order valence-corrected chi connectivity index (χ3v) is 0.